The Hall–Kier alpha value is -1.95. The van der Waals surface area contributed by atoms with Crippen LogP contribution in [0.15, 0.2) is 36.4 Å². The molecule has 0 radical (unpaired) electrons. The van der Waals surface area contributed by atoms with E-state index in [1.807, 2.05) is 0 Å². The summed E-state index contributed by atoms with van der Waals surface area (Å²) in [6, 6.07) is 9.24. The van der Waals surface area contributed by atoms with Gasteiger partial charge in [-0.2, -0.15) is 0 Å². The summed E-state index contributed by atoms with van der Waals surface area (Å²) in [5, 5.41) is 10.8. The van der Waals surface area contributed by atoms with Gasteiger partial charge in [-0.15, -0.1) is 0 Å². The highest BCUT2D eigenvalue weighted by molar-refractivity contribution is 6.43. The number of piperazine rings is 1. The largest absolute Gasteiger partial charge is 0.507 e. The Morgan fingerprint density at radius 1 is 0.846 bits per heavy atom. The zero-order valence-corrected chi connectivity index (χ0v) is 15.9. The maximum atomic E-state index is 12.6. The van der Waals surface area contributed by atoms with Gasteiger partial charge in [0.1, 0.15) is 5.75 Å². The first-order valence-electron chi connectivity index (χ1n) is 7.89. The van der Waals surface area contributed by atoms with E-state index in [4.69, 9.17) is 34.8 Å². The second-order valence-electron chi connectivity index (χ2n) is 5.85. The second-order valence-corrected chi connectivity index (χ2v) is 7.07. The lowest BCUT2D eigenvalue weighted by atomic mass is 10.1. The van der Waals surface area contributed by atoms with Crippen molar-refractivity contribution in [1.29, 1.82) is 0 Å². The van der Waals surface area contributed by atoms with Gasteiger partial charge in [0.15, 0.2) is 0 Å². The number of aromatic hydroxyl groups is 1. The predicted molar refractivity (Wildman–Crippen MR) is 101 cm³/mol. The van der Waals surface area contributed by atoms with Crippen LogP contribution in [0.1, 0.15) is 20.7 Å². The van der Waals surface area contributed by atoms with E-state index in [0.717, 1.165) is 0 Å². The molecule has 0 bridgehead atoms. The van der Waals surface area contributed by atoms with Gasteiger partial charge in [0.2, 0.25) is 0 Å². The highest BCUT2D eigenvalue weighted by Gasteiger charge is 2.28. The number of hydrogen-bond acceptors (Lipinski definition) is 3. The van der Waals surface area contributed by atoms with Gasteiger partial charge in [0, 0.05) is 31.2 Å². The average Bonchev–Trinajstić information content (AvgIpc) is 2.65. The number of benzene rings is 2. The molecule has 2 aromatic rings. The molecule has 2 amide bonds. The van der Waals surface area contributed by atoms with Crippen LogP contribution in [0.3, 0.4) is 0 Å². The predicted octanol–water partition coefficient (Wildman–Crippen LogP) is 3.95. The molecule has 0 unspecified atom stereocenters. The summed E-state index contributed by atoms with van der Waals surface area (Å²) in [7, 11) is 0. The van der Waals surface area contributed by atoms with Crippen LogP contribution in [-0.2, 0) is 0 Å². The van der Waals surface area contributed by atoms with Crippen molar-refractivity contribution < 1.29 is 14.7 Å². The minimum atomic E-state index is -0.321. The average molecular weight is 414 g/mol. The first-order chi connectivity index (χ1) is 12.4. The molecule has 0 aromatic heterocycles. The van der Waals surface area contributed by atoms with Gasteiger partial charge in [0.25, 0.3) is 11.8 Å². The third-order valence-corrected chi connectivity index (χ3v) is 5.28. The number of phenols is 1. The highest BCUT2D eigenvalue weighted by atomic mass is 35.5. The van der Waals surface area contributed by atoms with Crippen molar-refractivity contribution >= 4 is 46.6 Å². The highest BCUT2D eigenvalue weighted by Crippen LogP contribution is 2.27. The van der Waals surface area contributed by atoms with Crippen LogP contribution < -0.4 is 0 Å². The second kappa shape index (κ2) is 7.74. The van der Waals surface area contributed by atoms with Crippen molar-refractivity contribution in [1.82, 2.24) is 9.80 Å². The van der Waals surface area contributed by atoms with Gasteiger partial charge < -0.3 is 14.9 Å². The van der Waals surface area contributed by atoms with E-state index in [2.05, 4.69) is 0 Å². The summed E-state index contributed by atoms with van der Waals surface area (Å²) in [5.41, 5.74) is 0.488. The minimum absolute atomic E-state index is 0.122. The molecule has 1 heterocycles. The fourth-order valence-corrected chi connectivity index (χ4v) is 3.36. The van der Waals surface area contributed by atoms with Crippen molar-refractivity contribution in [3.63, 3.8) is 0 Å². The first kappa shape index (κ1) is 18.8. The van der Waals surface area contributed by atoms with E-state index < -0.39 is 0 Å². The Balaban J connectivity index is 1.69. The molecule has 1 N–H and O–H groups in total. The number of amides is 2. The van der Waals surface area contributed by atoms with Crippen LogP contribution >= 0.6 is 34.8 Å². The van der Waals surface area contributed by atoms with Crippen molar-refractivity contribution in [3.05, 3.63) is 62.6 Å². The van der Waals surface area contributed by atoms with Gasteiger partial charge in [0.05, 0.1) is 21.2 Å². The van der Waals surface area contributed by atoms with Gasteiger partial charge in [-0.1, -0.05) is 40.9 Å². The number of phenolic OH excluding ortho intramolecular Hbond substituents is 1. The minimum Gasteiger partial charge on any atom is -0.507 e. The lowest BCUT2D eigenvalue weighted by molar-refractivity contribution is 0.0534. The Morgan fingerprint density at radius 2 is 1.42 bits per heavy atom. The van der Waals surface area contributed by atoms with Crippen molar-refractivity contribution in [2.75, 3.05) is 26.2 Å². The van der Waals surface area contributed by atoms with Crippen LogP contribution in [0.25, 0.3) is 0 Å². The van der Waals surface area contributed by atoms with Crippen molar-refractivity contribution in [2.45, 2.75) is 0 Å². The van der Waals surface area contributed by atoms with Crippen molar-refractivity contribution in [3.8, 4) is 5.75 Å². The molecule has 0 spiro atoms. The van der Waals surface area contributed by atoms with E-state index in [0.29, 0.717) is 41.8 Å². The molecular formula is C18H15Cl3N2O3. The quantitative estimate of drug-likeness (QED) is 0.811. The van der Waals surface area contributed by atoms with Gasteiger partial charge in [-0.05, 0) is 30.3 Å². The van der Waals surface area contributed by atoms with Gasteiger partial charge in [-0.25, -0.2) is 0 Å². The number of nitrogens with zero attached hydrogens (tertiary/aromatic N) is 2. The Labute approximate surface area is 165 Å². The lowest BCUT2D eigenvalue weighted by Crippen LogP contribution is -2.50. The SMILES string of the molecule is O=C(c1cc(Cl)ccc1O)N1CCN(C(=O)c2cccc(Cl)c2Cl)CC1. The summed E-state index contributed by atoms with van der Waals surface area (Å²) in [6.45, 7) is 1.40. The van der Waals surface area contributed by atoms with Crippen LogP contribution in [0.4, 0.5) is 0 Å². The summed E-state index contributed by atoms with van der Waals surface area (Å²) in [4.78, 5) is 28.4. The molecule has 1 aliphatic rings. The van der Waals surface area contributed by atoms with E-state index >= 15 is 0 Å². The lowest BCUT2D eigenvalue weighted by Gasteiger charge is -2.35. The topological polar surface area (TPSA) is 60.9 Å². The van der Waals surface area contributed by atoms with E-state index in [1.165, 1.54) is 18.2 Å². The Kier molecular flexibility index (Phi) is 5.61. The first-order valence-corrected chi connectivity index (χ1v) is 9.03. The molecule has 1 aliphatic heterocycles. The number of halogens is 3. The molecule has 0 aliphatic carbocycles. The number of hydrogen-bond donors (Lipinski definition) is 1. The summed E-state index contributed by atoms with van der Waals surface area (Å²) >= 11 is 18.0. The smallest absolute Gasteiger partial charge is 0.257 e. The van der Waals surface area contributed by atoms with Crippen LogP contribution in [0.2, 0.25) is 15.1 Å². The molecule has 2 aromatic carbocycles. The molecule has 1 fully saturated rings. The van der Waals surface area contributed by atoms with E-state index in [9.17, 15) is 14.7 Å². The van der Waals surface area contributed by atoms with E-state index in [1.54, 1.807) is 28.0 Å². The van der Waals surface area contributed by atoms with Crippen LogP contribution in [0, 0.1) is 0 Å². The molecule has 1 saturated heterocycles. The Bertz CT molecular complexity index is 843. The molecule has 26 heavy (non-hydrogen) atoms. The Morgan fingerprint density at radius 3 is 2.04 bits per heavy atom. The molecule has 136 valence electrons. The zero-order valence-electron chi connectivity index (χ0n) is 13.6. The number of carbonyl (C=O) groups excluding carboxylic acids is 2. The number of carbonyl (C=O) groups is 2. The normalized spacial score (nSPS) is 14.4. The summed E-state index contributed by atoms with van der Waals surface area (Å²) < 4.78 is 0. The van der Waals surface area contributed by atoms with Gasteiger partial charge >= 0.3 is 0 Å². The molecule has 0 saturated carbocycles. The maximum absolute atomic E-state index is 12.6. The molecule has 3 rings (SSSR count). The van der Waals surface area contributed by atoms with E-state index in [-0.39, 0.29) is 28.1 Å². The molecule has 5 nitrogen and oxygen atoms in total. The third kappa shape index (κ3) is 3.75. The number of rotatable bonds is 2. The molecule has 8 heteroatoms. The maximum Gasteiger partial charge on any atom is 0.257 e. The standard InChI is InChI=1S/C18H15Cl3N2O3/c19-11-4-5-15(24)13(10-11)18(26)23-8-6-22(7-9-23)17(25)12-2-1-3-14(20)16(12)21/h1-5,10,24H,6-9H2. The third-order valence-electron chi connectivity index (χ3n) is 4.23. The van der Waals surface area contributed by atoms with Crippen molar-refractivity contribution in [2.24, 2.45) is 0 Å². The fourth-order valence-electron chi connectivity index (χ4n) is 2.80. The molecular weight excluding hydrogens is 399 g/mol. The molecule has 0 atom stereocenters. The summed E-state index contributed by atoms with van der Waals surface area (Å²) in [5.74, 6) is -0.670. The monoisotopic (exact) mass is 412 g/mol. The summed E-state index contributed by atoms with van der Waals surface area (Å²) in [6.07, 6.45) is 0. The van der Waals surface area contributed by atoms with Crippen LogP contribution in [-0.4, -0.2) is 52.9 Å². The fraction of sp³-hybridized carbons (Fsp3) is 0.222. The van der Waals surface area contributed by atoms with Gasteiger partial charge in [-0.3, -0.25) is 9.59 Å². The zero-order chi connectivity index (χ0) is 18.8. The van der Waals surface area contributed by atoms with Crippen LogP contribution in [0.5, 0.6) is 5.75 Å².